The van der Waals surface area contributed by atoms with Gasteiger partial charge in [0.05, 0.1) is 19.4 Å². The first-order chi connectivity index (χ1) is 13.0. The SMILES string of the molecule is CCOC(=O)c1[nH]c2ccc(OC)cc2c1NC(=O)Nc1ccc(Cl)cc1. The van der Waals surface area contributed by atoms with Crippen molar-refractivity contribution in [3.63, 3.8) is 0 Å². The van der Waals surface area contributed by atoms with Crippen molar-refractivity contribution in [3.8, 4) is 5.75 Å². The van der Waals surface area contributed by atoms with E-state index in [0.717, 1.165) is 0 Å². The van der Waals surface area contributed by atoms with Gasteiger partial charge in [0.15, 0.2) is 0 Å². The second kappa shape index (κ2) is 8.01. The number of carbonyl (C=O) groups is 2. The topological polar surface area (TPSA) is 92.5 Å². The third kappa shape index (κ3) is 4.15. The molecule has 0 unspecified atom stereocenters. The monoisotopic (exact) mass is 387 g/mol. The predicted molar refractivity (Wildman–Crippen MR) is 105 cm³/mol. The van der Waals surface area contributed by atoms with Gasteiger partial charge in [0, 0.05) is 21.6 Å². The summed E-state index contributed by atoms with van der Waals surface area (Å²) < 4.78 is 10.3. The summed E-state index contributed by atoms with van der Waals surface area (Å²) in [5, 5.41) is 6.60. The van der Waals surface area contributed by atoms with Crippen LogP contribution in [-0.2, 0) is 4.74 Å². The van der Waals surface area contributed by atoms with Crippen LogP contribution < -0.4 is 15.4 Å². The van der Waals surface area contributed by atoms with E-state index in [2.05, 4.69) is 15.6 Å². The molecule has 3 N–H and O–H groups in total. The van der Waals surface area contributed by atoms with E-state index in [1.54, 1.807) is 56.5 Å². The summed E-state index contributed by atoms with van der Waals surface area (Å²) in [5.74, 6) is 0.0347. The van der Waals surface area contributed by atoms with Gasteiger partial charge in [-0.15, -0.1) is 0 Å². The smallest absolute Gasteiger partial charge is 0.356 e. The molecule has 0 aliphatic heterocycles. The number of aromatic nitrogens is 1. The quantitative estimate of drug-likeness (QED) is 0.555. The van der Waals surface area contributed by atoms with Gasteiger partial charge in [0.25, 0.3) is 0 Å². The van der Waals surface area contributed by atoms with Crippen LogP contribution in [0.25, 0.3) is 10.9 Å². The number of nitrogens with one attached hydrogen (secondary N) is 3. The number of halogens is 1. The molecule has 27 heavy (non-hydrogen) atoms. The first kappa shape index (κ1) is 18.6. The molecule has 3 aromatic rings. The minimum Gasteiger partial charge on any atom is -0.497 e. The van der Waals surface area contributed by atoms with Gasteiger partial charge in [-0.3, -0.25) is 0 Å². The number of aromatic amines is 1. The fourth-order valence-electron chi connectivity index (χ4n) is 2.59. The van der Waals surface area contributed by atoms with E-state index in [-0.39, 0.29) is 12.3 Å². The molecule has 0 spiro atoms. The van der Waals surface area contributed by atoms with Crippen LogP contribution in [0.5, 0.6) is 5.75 Å². The van der Waals surface area contributed by atoms with Gasteiger partial charge in [-0.25, -0.2) is 9.59 Å². The molecule has 3 rings (SSSR count). The van der Waals surface area contributed by atoms with Crippen molar-refractivity contribution < 1.29 is 19.1 Å². The number of esters is 1. The van der Waals surface area contributed by atoms with Crippen LogP contribution in [0.2, 0.25) is 5.02 Å². The summed E-state index contributed by atoms with van der Waals surface area (Å²) in [6.07, 6.45) is 0. The second-order valence-electron chi connectivity index (χ2n) is 5.59. The molecule has 0 saturated carbocycles. The average molecular weight is 388 g/mol. The maximum atomic E-state index is 12.4. The lowest BCUT2D eigenvalue weighted by Gasteiger charge is -2.09. The zero-order valence-corrected chi connectivity index (χ0v) is 15.5. The molecule has 0 aliphatic rings. The maximum Gasteiger partial charge on any atom is 0.356 e. The van der Waals surface area contributed by atoms with E-state index in [1.807, 2.05) is 0 Å². The normalized spacial score (nSPS) is 10.5. The molecule has 0 fully saturated rings. The Bertz CT molecular complexity index is 983. The minimum atomic E-state index is -0.561. The molecule has 2 amide bonds. The van der Waals surface area contributed by atoms with E-state index >= 15 is 0 Å². The van der Waals surface area contributed by atoms with Crippen molar-refractivity contribution >= 4 is 45.9 Å². The average Bonchev–Trinajstić information content (AvgIpc) is 3.01. The summed E-state index contributed by atoms with van der Waals surface area (Å²) in [5.41, 5.74) is 1.70. The number of hydrogen-bond acceptors (Lipinski definition) is 4. The standard InChI is InChI=1S/C19H18ClN3O4/c1-3-27-18(24)17-16(14-10-13(26-2)8-9-15(14)22-17)23-19(25)21-12-6-4-11(20)5-7-12/h4-10,22H,3H2,1-2H3,(H2,21,23,25). The van der Waals surface area contributed by atoms with Crippen LogP contribution in [0.3, 0.4) is 0 Å². The maximum absolute atomic E-state index is 12.4. The number of rotatable bonds is 5. The lowest BCUT2D eigenvalue weighted by Crippen LogP contribution is -2.21. The lowest BCUT2D eigenvalue weighted by atomic mass is 10.2. The van der Waals surface area contributed by atoms with Crippen molar-refractivity contribution in [2.45, 2.75) is 6.92 Å². The molecule has 2 aromatic carbocycles. The van der Waals surface area contributed by atoms with Gasteiger partial charge >= 0.3 is 12.0 Å². The number of ether oxygens (including phenoxy) is 2. The number of anilines is 2. The molecule has 0 radical (unpaired) electrons. The Morgan fingerprint density at radius 1 is 1.11 bits per heavy atom. The van der Waals surface area contributed by atoms with Crippen LogP contribution in [-0.4, -0.2) is 30.7 Å². The third-order valence-corrected chi connectivity index (χ3v) is 4.08. The van der Waals surface area contributed by atoms with Crippen molar-refractivity contribution in [2.24, 2.45) is 0 Å². The van der Waals surface area contributed by atoms with E-state index in [9.17, 15) is 9.59 Å². The van der Waals surface area contributed by atoms with E-state index < -0.39 is 12.0 Å². The highest BCUT2D eigenvalue weighted by Gasteiger charge is 2.21. The Morgan fingerprint density at radius 3 is 2.52 bits per heavy atom. The Labute approximate surface area is 160 Å². The van der Waals surface area contributed by atoms with Crippen LogP contribution in [0.15, 0.2) is 42.5 Å². The molecular formula is C19H18ClN3O4. The highest BCUT2D eigenvalue weighted by Crippen LogP contribution is 2.31. The predicted octanol–water partition coefficient (Wildman–Crippen LogP) is 4.65. The van der Waals surface area contributed by atoms with Crippen LogP contribution in [0.4, 0.5) is 16.2 Å². The first-order valence-electron chi connectivity index (χ1n) is 8.22. The van der Waals surface area contributed by atoms with Crippen molar-refractivity contribution in [1.82, 2.24) is 4.98 Å². The van der Waals surface area contributed by atoms with Gasteiger partial charge in [0.2, 0.25) is 0 Å². The molecule has 0 aliphatic carbocycles. The van der Waals surface area contributed by atoms with Crippen molar-refractivity contribution in [3.05, 3.63) is 53.2 Å². The summed E-state index contributed by atoms with van der Waals surface area (Å²) >= 11 is 5.85. The number of methoxy groups -OCH3 is 1. The zero-order valence-electron chi connectivity index (χ0n) is 14.8. The van der Waals surface area contributed by atoms with Gasteiger partial charge in [-0.2, -0.15) is 0 Å². The molecule has 1 aromatic heterocycles. The fraction of sp³-hybridized carbons (Fsp3) is 0.158. The number of amides is 2. The number of fused-ring (bicyclic) bond motifs is 1. The largest absolute Gasteiger partial charge is 0.497 e. The van der Waals surface area contributed by atoms with E-state index in [1.165, 1.54) is 0 Å². The fourth-order valence-corrected chi connectivity index (χ4v) is 2.72. The lowest BCUT2D eigenvalue weighted by molar-refractivity contribution is 0.0522. The number of H-pyrrole nitrogens is 1. The Kier molecular flexibility index (Phi) is 5.52. The molecule has 1 heterocycles. The van der Waals surface area contributed by atoms with Crippen LogP contribution in [0.1, 0.15) is 17.4 Å². The van der Waals surface area contributed by atoms with E-state index in [0.29, 0.717) is 33.0 Å². The van der Waals surface area contributed by atoms with Crippen molar-refractivity contribution in [2.75, 3.05) is 24.4 Å². The van der Waals surface area contributed by atoms with Gasteiger partial charge in [-0.05, 0) is 49.4 Å². The highest BCUT2D eigenvalue weighted by molar-refractivity contribution is 6.30. The number of benzene rings is 2. The molecule has 7 nitrogen and oxygen atoms in total. The van der Waals surface area contributed by atoms with Gasteiger partial charge < -0.3 is 25.1 Å². The van der Waals surface area contributed by atoms with Gasteiger partial charge in [-0.1, -0.05) is 11.6 Å². The molecular weight excluding hydrogens is 370 g/mol. The molecule has 0 atom stereocenters. The Hall–Kier alpha value is -3.19. The Morgan fingerprint density at radius 2 is 1.85 bits per heavy atom. The summed E-state index contributed by atoms with van der Waals surface area (Å²) in [4.78, 5) is 27.7. The van der Waals surface area contributed by atoms with Crippen LogP contribution >= 0.6 is 11.6 Å². The molecule has 8 heteroatoms. The second-order valence-corrected chi connectivity index (χ2v) is 6.03. The molecule has 140 valence electrons. The number of urea groups is 1. The summed E-state index contributed by atoms with van der Waals surface area (Å²) in [7, 11) is 1.54. The first-order valence-corrected chi connectivity index (χ1v) is 8.60. The minimum absolute atomic E-state index is 0.159. The highest BCUT2D eigenvalue weighted by atomic mass is 35.5. The van der Waals surface area contributed by atoms with E-state index in [4.69, 9.17) is 21.1 Å². The summed E-state index contributed by atoms with van der Waals surface area (Å²) in [6.45, 7) is 1.93. The number of hydrogen-bond donors (Lipinski definition) is 3. The third-order valence-electron chi connectivity index (χ3n) is 3.83. The van der Waals surface area contributed by atoms with Crippen LogP contribution in [0, 0.1) is 0 Å². The molecule has 0 saturated heterocycles. The summed E-state index contributed by atoms with van der Waals surface area (Å²) in [6, 6.07) is 11.4. The number of carbonyl (C=O) groups excluding carboxylic acids is 2. The van der Waals surface area contributed by atoms with Gasteiger partial charge in [0.1, 0.15) is 11.4 Å². The zero-order chi connectivity index (χ0) is 19.4. The Balaban J connectivity index is 1.94. The molecule has 0 bridgehead atoms. The van der Waals surface area contributed by atoms with Crippen molar-refractivity contribution in [1.29, 1.82) is 0 Å².